The Bertz CT molecular complexity index is 1400. The topological polar surface area (TPSA) is 55.4 Å². The van der Waals surface area contributed by atoms with E-state index in [1.807, 2.05) is 21.6 Å². The Labute approximate surface area is 187 Å². The summed E-state index contributed by atoms with van der Waals surface area (Å²) in [6.45, 7) is 0. The molecule has 1 saturated heterocycles. The summed E-state index contributed by atoms with van der Waals surface area (Å²) in [6.07, 6.45) is 8.28. The van der Waals surface area contributed by atoms with Crippen LogP contribution in [0.5, 0.6) is 0 Å². The zero-order valence-electron chi connectivity index (χ0n) is 17.8. The quantitative estimate of drug-likeness (QED) is 0.424. The Morgan fingerprint density at radius 2 is 1.91 bits per heavy atom. The molecular formula is C24H20F3N5O. The van der Waals surface area contributed by atoms with Crippen molar-refractivity contribution in [1.82, 2.24) is 24.1 Å². The highest BCUT2D eigenvalue weighted by molar-refractivity contribution is 5.96. The number of nitrogens with zero attached hydrogens (tertiary/aromatic N) is 5. The lowest BCUT2D eigenvalue weighted by Crippen LogP contribution is -2.49. The minimum Gasteiger partial charge on any atom is -0.327 e. The van der Waals surface area contributed by atoms with Crippen molar-refractivity contribution in [3.63, 3.8) is 0 Å². The Balaban J connectivity index is 1.43. The van der Waals surface area contributed by atoms with Crippen LogP contribution in [-0.2, 0) is 13.5 Å². The number of carbonyl (C=O) groups is 1. The van der Waals surface area contributed by atoms with Gasteiger partial charge in [0.05, 0.1) is 35.5 Å². The van der Waals surface area contributed by atoms with Gasteiger partial charge in [-0.1, -0.05) is 0 Å². The number of aromatic nitrogens is 4. The summed E-state index contributed by atoms with van der Waals surface area (Å²) in [6, 6.07) is 5.34. The summed E-state index contributed by atoms with van der Waals surface area (Å²) in [4.78, 5) is 19.6. The Kier molecular flexibility index (Phi) is 4.36. The van der Waals surface area contributed by atoms with Crippen LogP contribution in [0.2, 0.25) is 0 Å². The fourth-order valence-corrected chi connectivity index (χ4v) is 5.40. The van der Waals surface area contributed by atoms with E-state index in [9.17, 15) is 18.0 Å². The third-order valence-corrected chi connectivity index (χ3v) is 6.83. The number of imidazole rings is 1. The number of hydrogen-bond acceptors (Lipinski definition) is 3. The van der Waals surface area contributed by atoms with Crippen molar-refractivity contribution in [1.29, 1.82) is 0 Å². The molecular weight excluding hydrogens is 431 g/mol. The molecule has 1 aromatic carbocycles. The molecule has 0 spiro atoms. The van der Waals surface area contributed by atoms with E-state index in [1.54, 1.807) is 30.3 Å². The van der Waals surface area contributed by atoms with Gasteiger partial charge in [0.15, 0.2) is 17.5 Å². The summed E-state index contributed by atoms with van der Waals surface area (Å²) in [7, 11) is 1.70. The van der Waals surface area contributed by atoms with Gasteiger partial charge in [0, 0.05) is 36.0 Å². The maximum absolute atomic E-state index is 14.0. The SMILES string of the molecule is Cn1nc2c(c1-c1cc(F)c(F)c(F)c1)C[C@@H]1CCC[C@H]2N1C(=O)c1ccn2cncc2c1. The normalized spacial score (nSPS) is 19.7. The van der Waals surface area contributed by atoms with E-state index >= 15 is 0 Å². The van der Waals surface area contributed by atoms with Gasteiger partial charge in [0.25, 0.3) is 5.91 Å². The molecule has 2 atom stereocenters. The van der Waals surface area contributed by atoms with E-state index in [1.165, 1.54) is 0 Å². The Hall–Kier alpha value is -3.62. The molecule has 168 valence electrons. The van der Waals surface area contributed by atoms with E-state index in [0.717, 1.165) is 48.2 Å². The predicted octanol–water partition coefficient (Wildman–Crippen LogP) is 4.44. The lowest BCUT2D eigenvalue weighted by atomic mass is 9.81. The van der Waals surface area contributed by atoms with E-state index < -0.39 is 17.5 Å². The third-order valence-electron chi connectivity index (χ3n) is 6.83. The van der Waals surface area contributed by atoms with Gasteiger partial charge in [-0.2, -0.15) is 5.10 Å². The second kappa shape index (κ2) is 7.19. The monoisotopic (exact) mass is 451 g/mol. The molecule has 0 unspecified atom stereocenters. The molecule has 0 aliphatic carbocycles. The van der Waals surface area contributed by atoms with E-state index in [-0.39, 0.29) is 23.6 Å². The minimum atomic E-state index is -1.49. The maximum Gasteiger partial charge on any atom is 0.254 e. The number of amides is 1. The first-order chi connectivity index (χ1) is 15.9. The second-order valence-corrected chi connectivity index (χ2v) is 8.75. The van der Waals surface area contributed by atoms with Crippen LogP contribution < -0.4 is 0 Å². The largest absolute Gasteiger partial charge is 0.327 e. The van der Waals surface area contributed by atoms with Gasteiger partial charge in [-0.3, -0.25) is 9.48 Å². The maximum atomic E-state index is 14.0. The van der Waals surface area contributed by atoms with Gasteiger partial charge in [0.1, 0.15) is 0 Å². The molecule has 6 nitrogen and oxygen atoms in total. The summed E-state index contributed by atoms with van der Waals surface area (Å²) >= 11 is 0. The van der Waals surface area contributed by atoms with Crippen molar-refractivity contribution >= 4 is 11.4 Å². The number of rotatable bonds is 2. The Morgan fingerprint density at radius 3 is 2.70 bits per heavy atom. The number of benzene rings is 1. The molecule has 4 aromatic rings. The number of fused-ring (bicyclic) bond motifs is 5. The summed E-state index contributed by atoms with van der Waals surface area (Å²) in [5.74, 6) is -4.02. The average molecular weight is 451 g/mol. The predicted molar refractivity (Wildman–Crippen MR) is 114 cm³/mol. The van der Waals surface area contributed by atoms with Crippen molar-refractivity contribution in [3.05, 3.63) is 77.3 Å². The lowest BCUT2D eigenvalue weighted by Gasteiger charge is -2.45. The van der Waals surface area contributed by atoms with Gasteiger partial charge < -0.3 is 9.30 Å². The van der Waals surface area contributed by atoms with Gasteiger partial charge in [0.2, 0.25) is 0 Å². The van der Waals surface area contributed by atoms with Crippen LogP contribution in [0.3, 0.4) is 0 Å². The number of piperidine rings is 1. The van der Waals surface area contributed by atoms with Crippen molar-refractivity contribution in [2.45, 2.75) is 37.8 Å². The van der Waals surface area contributed by atoms with Crippen molar-refractivity contribution < 1.29 is 18.0 Å². The van der Waals surface area contributed by atoms with E-state index in [4.69, 9.17) is 0 Å². The molecule has 0 saturated carbocycles. The molecule has 9 heteroatoms. The number of aryl methyl sites for hydroxylation is 1. The van der Waals surface area contributed by atoms with Crippen molar-refractivity contribution in [3.8, 4) is 11.3 Å². The molecule has 2 aliphatic heterocycles. The highest BCUT2D eigenvalue weighted by atomic mass is 19.2. The number of carbonyl (C=O) groups excluding carboxylic acids is 1. The molecule has 0 N–H and O–H groups in total. The second-order valence-electron chi connectivity index (χ2n) is 8.75. The van der Waals surface area contributed by atoms with Crippen LogP contribution in [0.4, 0.5) is 13.2 Å². The molecule has 5 heterocycles. The Morgan fingerprint density at radius 1 is 1.12 bits per heavy atom. The first-order valence-electron chi connectivity index (χ1n) is 10.9. The van der Waals surface area contributed by atoms with Crippen LogP contribution in [0.15, 0.2) is 43.0 Å². The summed E-state index contributed by atoms with van der Waals surface area (Å²) < 4.78 is 44.9. The fraction of sp³-hybridized carbons (Fsp3) is 0.292. The minimum absolute atomic E-state index is 0.0528. The van der Waals surface area contributed by atoms with Gasteiger partial charge in [-0.25, -0.2) is 18.2 Å². The first kappa shape index (κ1) is 20.0. The van der Waals surface area contributed by atoms with Gasteiger partial charge in [-0.05, 0) is 49.9 Å². The summed E-state index contributed by atoms with van der Waals surface area (Å²) in [5, 5.41) is 4.67. The third kappa shape index (κ3) is 2.98. The number of hydrogen-bond donors (Lipinski definition) is 0. The van der Waals surface area contributed by atoms with Crippen LogP contribution in [0.25, 0.3) is 16.8 Å². The molecule has 6 rings (SSSR count). The van der Waals surface area contributed by atoms with Crippen LogP contribution >= 0.6 is 0 Å². The fourth-order valence-electron chi connectivity index (χ4n) is 5.40. The van der Waals surface area contributed by atoms with E-state index in [2.05, 4.69) is 10.1 Å². The summed E-state index contributed by atoms with van der Waals surface area (Å²) in [5.41, 5.74) is 3.84. The molecule has 3 aromatic heterocycles. The number of halogens is 3. The zero-order valence-corrected chi connectivity index (χ0v) is 17.8. The van der Waals surface area contributed by atoms with Crippen LogP contribution in [0.1, 0.15) is 46.9 Å². The molecule has 1 amide bonds. The smallest absolute Gasteiger partial charge is 0.254 e. The lowest BCUT2D eigenvalue weighted by molar-refractivity contribution is 0.0392. The van der Waals surface area contributed by atoms with Crippen LogP contribution in [-0.4, -0.2) is 36.0 Å². The molecule has 2 bridgehead atoms. The molecule has 1 fully saturated rings. The number of pyridine rings is 1. The van der Waals surface area contributed by atoms with Crippen molar-refractivity contribution in [2.75, 3.05) is 0 Å². The zero-order chi connectivity index (χ0) is 22.9. The molecule has 33 heavy (non-hydrogen) atoms. The van der Waals surface area contributed by atoms with Crippen molar-refractivity contribution in [2.24, 2.45) is 7.05 Å². The van der Waals surface area contributed by atoms with Gasteiger partial charge >= 0.3 is 0 Å². The standard InChI is InChI=1S/C24H20F3N5O/c1-30-23(14-8-18(25)21(27)19(26)9-14)17-10-15-3-2-4-20(22(17)29-30)32(15)24(33)13-5-6-31-12-28-11-16(31)7-13/h5-9,11-12,15,20H,2-4,10H2,1H3/t15-,20+/m0/s1. The van der Waals surface area contributed by atoms with Gasteiger partial charge in [-0.15, -0.1) is 0 Å². The van der Waals surface area contributed by atoms with E-state index in [0.29, 0.717) is 17.7 Å². The van der Waals surface area contributed by atoms with Crippen LogP contribution in [0, 0.1) is 17.5 Å². The highest BCUT2D eigenvalue weighted by Crippen LogP contribution is 2.45. The molecule has 2 aliphatic rings. The first-order valence-corrected chi connectivity index (χ1v) is 10.9. The molecule has 0 radical (unpaired) electrons. The average Bonchev–Trinajstić information content (AvgIpc) is 3.39. The highest BCUT2D eigenvalue weighted by Gasteiger charge is 2.43.